The molecule has 1 aliphatic heterocycles. The lowest BCUT2D eigenvalue weighted by Gasteiger charge is -2.34. The fourth-order valence-corrected chi connectivity index (χ4v) is 3.19. The number of halogens is 1. The summed E-state index contributed by atoms with van der Waals surface area (Å²) in [7, 11) is 0. The van der Waals surface area contributed by atoms with Crippen LogP contribution < -0.4 is 11.1 Å². The normalized spacial score (nSPS) is 18.2. The van der Waals surface area contributed by atoms with Crippen molar-refractivity contribution in [3.8, 4) is 0 Å². The number of hydrogen-bond donors (Lipinski definition) is 3. The molecule has 2 heterocycles. The van der Waals surface area contributed by atoms with Gasteiger partial charge >= 0.3 is 0 Å². The summed E-state index contributed by atoms with van der Waals surface area (Å²) in [5.74, 6) is 0.610. The third-order valence-electron chi connectivity index (χ3n) is 4.40. The number of H-pyrrole nitrogens is 1. The van der Waals surface area contributed by atoms with E-state index < -0.39 is 0 Å². The number of nitrogens with two attached hydrogens (primary N) is 1. The highest BCUT2D eigenvalue weighted by Crippen LogP contribution is 2.20. The van der Waals surface area contributed by atoms with Crippen molar-refractivity contribution in [1.29, 1.82) is 0 Å². The van der Waals surface area contributed by atoms with Gasteiger partial charge in [0.15, 0.2) is 0 Å². The number of carbonyl (C=O) groups is 1. The van der Waals surface area contributed by atoms with Crippen LogP contribution in [0.15, 0.2) is 24.3 Å². The third kappa shape index (κ3) is 4.76. The van der Waals surface area contributed by atoms with E-state index in [1.165, 1.54) is 12.1 Å². The summed E-state index contributed by atoms with van der Waals surface area (Å²) in [5.41, 5.74) is 6.34. The van der Waals surface area contributed by atoms with Gasteiger partial charge in [-0.2, -0.15) is 4.98 Å². The Labute approximate surface area is 145 Å². The molecule has 1 aliphatic rings. The molecule has 1 aromatic heterocycles. The van der Waals surface area contributed by atoms with Gasteiger partial charge in [0.25, 0.3) is 0 Å². The highest BCUT2D eigenvalue weighted by atomic mass is 19.1. The van der Waals surface area contributed by atoms with Crippen LogP contribution in [0.1, 0.15) is 30.7 Å². The molecule has 0 spiro atoms. The van der Waals surface area contributed by atoms with Crippen molar-refractivity contribution in [3.05, 3.63) is 41.5 Å². The van der Waals surface area contributed by atoms with Gasteiger partial charge in [0.2, 0.25) is 11.9 Å². The molecule has 1 amide bonds. The van der Waals surface area contributed by atoms with Gasteiger partial charge in [-0.15, -0.1) is 5.10 Å². The standard InChI is InChI=1S/C17H23FN6O/c18-13-5-3-4-12(10-13)11-24-9-2-1-6-14(24)16(25)20-8-7-15-21-17(19)23-22-15/h3-5,10,14H,1-2,6-9,11H2,(H,20,25)(H3,19,21,22,23). The van der Waals surface area contributed by atoms with Crippen molar-refractivity contribution in [2.75, 3.05) is 18.8 Å². The summed E-state index contributed by atoms with van der Waals surface area (Å²) in [6.45, 7) is 1.89. The highest BCUT2D eigenvalue weighted by Gasteiger charge is 2.28. The number of amides is 1. The Morgan fingerprint density at radius 3 is 3.08 bits per heavy atom. The number of carbonyl (C=O) groups excluding carboxylic acids is 1. The van der Waals surface area contributed by atoms with E-state index in [1.54, 1.807) is 6.07 Å². The van der Waals surface area contributed by atoms with Crippen LogP contribution in [0, 0.1) is 5.82 Å². The van der Waals surface area contributed by atoms with E-state index in [0.717, 1.165) is 31.4 Å². The monoisotopic (exact) mass is 346 g/mol. The van der Waals surface area contributed by atoms with E-state index in [9.17, 15) is 9.18 Å². The second-order valence-corrected chi connectivity index (χ2v) is 6.29. The number of nitrogens with one attached hydrogen (secondary N) is 2. The van der Waals surface area contributed by atoms with Crippen LogP contribution in [0.2, 0.25) is 0 Å². The predicted octanol–water partition coefficient (Wildman–Crippen LogP) is 1.24. The van der Waals surface area contributed by atoms with Gasteiger partial charge in [0.1, 0.15) is 11.6 Å². The first kappa shape index (κ1) is 17.3. The molecule has 1 fully saturated rings. The fraction of sp³-hybridized carbons (Fsp3) is 0.471. The number of likely N-dealkylation sites (tertiary alicyclic amines) is 1. The molecular weight excluding hydrogens is 323 g/mol. The molecule has 0 radical (unpaired) electrons. The number of anilines is 1. The molecule has 1 saturated heterocycles. The summed E-state index contributed by atoms with van der Waals surface area (Å²) >= 11 is 0. The maximum atomic E-state index is 13.4. The van der Waals surface area contributed by atoms with Gasteiger partial charge in [-0.3, -0.25) is 14.8 Å². The Kier molecular flexibility index (Phi) is 5.60. The van der Waals surface area contributed by atoms with Gasteiger partial charge in [-0.05, 0) is 37.1 Å². The molecule has 1 aromatic carbocycles. The zero-order valence-electron chi connectivity index (χ0n) is 14.0. The van der Waals surface area contributed by atoms with Gasteiger partial charge in [0, 0.05) is 19.5 Å². The molecule has 0 aliphatic carbocycles. The van der Waals surface area contributed by atoms with Crippen LogP contribution in [0.25, 0.3) is 0 Å². The molecule has 7 nitrogen and oxygen atoms in total. The number of rotatable bonds is 6. The van der Waals surface area contributed by atoms with Gasteiger partial charge in [-0.1, -0.05) is 18.6 Å². The van der Waals surface area contributed by atoms with Crippen molar-refractivity contribution < 1.29 is 9.18 Å². The maximum Gasteiger partial charge on any atom is 0.239 e. The van der Waals surface area contributed by atoms with Crippen molar-refractivity contribution in [2.24, 2.45) is 0 Å². The average molecular weight is 346 g/mol. The van der Waals surface area contributed by atoms with E-state index in [4.69, 9.17) is 5.73 Å². The van der Waals surface area contributed by atoms with Crippen molar-refractivity contribution in [3.63, 3.8) is 0 Å². The molecule has 25 heavy (non-hydrogen) atoms. The minimum absolute atomic E-state index is 0.00332. The number of nitrogens with zero attached hydrogens (tertiary/aromatic N) is 3. The molecule has 2 aromatic rings. The Hall–Kier alpha value is -2.48. The highest BCUT2D eigenvalue weighted by molar-refractivity contribution is 5.81. The minimum Gasteiger partial charge on any atom is -0.367 e. The van der Waals surface area contributed by atoms with Crippen molar-refractivity contribution >= 4 is 11.9 Å². The van der Waals surface area contributed by atoms with E-state index in [2.05, 4.69) is 25.4 Å². The number of piperidine rings is 1. The molecule has 4 N–H and O–H groups in total. The van der Waals surface area contributed by atoms with Gasteiger partial charge in [-0.25, -0.2) is 4.39 Å². The van der Waals surface area contributed by atoms with Crippen LogP contribution in [0.4, 0.5) is 10.3 Å². The van der Waals surface area contributed by atoms with E-state index >= 15 is 0 Å². The van der Waals surface area contributed by atoms with E-state index in [0.29, 0.717) is 25.3 Å². The molecule has 8 heteroatoms. The largest absolute Gasteiger partial charge is 0.367 e. The maximum absolute atomic E-state index is 13.4. The average Bonchev–Trinajstić information content (AvgIpc) is 3.00. The molecule has 0 bridgehead atoms. The second kappa shape index (κ2) is 8.06. The first-order chi connectivity index (χ1) is 12.1. The summed E-state index contributed by atoms with van der Waals surface area (Å²) in [4.78, 5) is 18.7. The first-order valence-corrected chi connectivity index (χ1v) is 8.55. The van der Waals surface area contributed by atoms with E-state index in [1.807, 2.05) is 6.07 Å². The SMILES string of the molecule is Nc1n[nH]c(CCNC(=O)C2CCCCN2Cc2cccc(F)c2)n1. The molecule has 134 valence electrons. The lowest BCUT2D eigenvalue weighted by atomic mass is 10.0. The zero-order valence-corrected chi connectivity index (χ0v) is 14.0. The number of aromatic amines is 1. The van der Waals surface area contributed by atoms with Gasteiger partial charge < -0.3 is 11.1 Å². The van der Waals surface area contributed by atoms with Crippen LogP contribution in [-0.2, 0) is 17.8 Å². The first-order valence-electron chi connectivity index (χ1n) is 8.55. The summed E-state index contributed by atoms with van der Waals surface area (Å²) in [6, 6.07) is 6.36. The van der Waals surface area contributed by atoms with Crippen molar-refractivity contribution in [2.45, 2.75) is 38.3 Å². The molecular formula is C17H23FN6O. The molecule has 0 saturated carbocycles. The van der Waals surface area contributed by atoms with Crippen LogP contribution in [0.3, 0.4) is 0 Å². The lowest BCUT2D eigenvalue weighted by molar-refractivity contribution is -0.127. The third-order valence-corrected chi connectivity index (χ3v) is 4.40. The molecule has 3 rings (SSSR count). The quantitative estimate of drug-likeness (QED) is 0.731. The lowest BCUT2D eigenvalue weighted by Crippen LogP contribution is -2.49. The molecule has 1 atom stereocenters. The number of nitrogen functional groups attached to an aromatic ring is 1. The van der Waals surface area contributed by atoms with Crippen LogP contribution >= 0.6 is 0 Å². The minimum atomic E-state index is -0.248. The Morgan fingerprint density at radius 2 is 2.32 bits per heavy atom. The zero-order chi connectivity index (χ0) is 17.6. The topological polar surface area (TPSA) is 99.9 Å². The van der Waals surface area contributed by atoms with Gasteiger partial charge in [0.05, 0.1) is 6.04 Å². The number of hydrogen-bond acceptors (Lipinski definition) is 5. The molecule has 1 unspecified atom stereocenters. The second-order valence-electron chi connectivity index (χ2n) is 6.29. The summed E-state index contributed by atoms with van der Waals surface area (Å²) in [5, 5.41) is 9.44. The van der Waals surface area contributed by atoms with Crippen LogP contribution in [-0.4, -0.2) is 45.1 Å². The Bertz CT molecular complexity index is 719. The summed E-state index contributed by atoms with van der Waals surface area (Å²) in [6.07, 6.45) is 3.44. The Balaban J connectivity index is 1.55. The Morgan fingerprint density at radius 1 is 1.44 bits per heavy atom. The number of benzene rings is 1. The van der Waals surface area contributed by atoms with E-state index in [-0.39, 0.29) is 23.7 Å². The van der Waals surface area contributed by atoms with Crippen LogP contribution in [0.5, 0.6) is 0 Å². The number of aromatic nitrogens is 3. The van der Waals surface area contributed by atoms with Crippen molar-refractivity contribution in [1.82, 2.24) is 25.4 Å². The predicted molar refractivity (Wildman–Crippen MR) is 92.0 cm³/mol. The smallest absolute Gasteiger partial charge is 0.239 e. The summed E-state index contributed by atoms with van der Waals surface area (Å²) < 4.78 is 13.4. The fourth-order valence-electron chi connectivity index (χ4n) is 3.19.